The largest absolute Gasteiger partial charge is 0.444 e. The first-order valence-electron chi connectivity index (χ1n) is 6.86. The molecule has 6 heteroatoms. The van der Waals surface area contributed by atoms with Crippen LogP contribution in [0.4, 0.5) is 4.79 Å². The Labute approximate surface area is 124 Å². The average Bonchev–Trinajstić information content (AvgIpc) is 3.19. The van der Waals surface area contributed by atoms with Crippen LogP contribution in [0.3, 0.4) is 0 Å². The normalized spacial score (nSPS) is 28.4. The molecule has 2 aliphatic carbocycles. The van der Waals surface area contributed by atoms with E-state index in [2.05, 4.69) is 16.6 Å². The zero-order valence-corrected chi connectivity index (χ0v) is 13.0. The molecule has 2 rings (SSSR count). The molecule has 2 fully saturated rings. The van der Waals surface area contributed by atoms with Crippen molar-refractivity contribution in [2.45, 2.75) is 56.4 Å². The molecule has 112 valence electrons. The van der Waals surface area contributed by atoms with Crippen LogP contribution in [0.15, 0.2) is 12.7 Å². The number of amides is 2. The zero-order valence-electron chi connectivity index (χ0n) is 12.2. The Morgan fingerprint density at radius 3 is 2.50 bits per heavy atom. The topological polar surface area (TPSA) is 67.4 Å². The van der Waals surface area contributed by atoms with Crippen molar-refractivity contribution in [3.05, 3.63) is 12.7 Å². The summed E-state index contributed by atoms with van der Waals surface area (Å²) in [6.07, 6.45) is 4.00. The molecule has 0 spiro atoms. The fourth-order valence-corrected chi connectivity index (χ4v) is 2.76. The van der Waals surface area contributed by atoms with Gasteiger partial charge in [0.05, 0.1) is 0 Å². The molecule has 0 aromatic carbocycles. The number of rotatable bonds is 5. The minimum absolute atomic E-state index is 0.0326. The molecule has 1 unspecified atom stereocenters. The number of nitrogens with one attached hydrogen (secondary N) is 2. The van der Waals surface area contributed by atoms with Crippen LogP contribution in [-0.2, 0) is 9.53 Å². The Kier molecular flexibility index (Phi) is 4.04. The molecule has 2 N–H and O–H groups in total. The van der Waals surface area contributed by atoms with Gasteiger partial charge >= 0.3 is 6.09 Å². The van der Waals surface area contributed by atoms with Gasteiger partial charge < -0.3 is 10.1 Å². The SMILES string of the molecule is C=CC1C[C@]1(NC(=O)OC(C)(C)C)C(=O)NSC1CC1. The lowest BCUT2D eigenvalue weighted by molar-refractivity contribution is -0.122. The minimum atomic E-state index is -0.883. The molecule has 2 aliphatic rings. The van der Waals surface area contributed by atoms with E-state index in [9.17, 15) is 9.59 Å². The highest BCUT2D eigenvalue weighted by molar-refractivity contribution is 7.98. The van der Waals surface area contributed by atoms with Gasteiger partial charge in [-0.25, -0.2) is 4.79 Å². The first kappa shape index (κ1) is 15.2. The van der Waals surface area contributed by atoms with E-state index in [1.807, 2.05) is 0 Å². The molecule has 0 aliphatic heterocycles. The predicted molar refractivity (Wildman–Crippen MR) is 79.2 cm³/mol. The molecule has 0 aromatic rings. The van der Waals surface area contributed by atoms with Crippen LogP contribution in [0.25, 0.3) is 0 Å². The summed E-state index contributed by atoms with van der Waals surface area (Å²) in [5, 5.41) is 3.24. The van der Waals surface area contributed by atoms with Crippen LogP contribution >= 0.6 is 11.9 Å². The standard InChI is InChI=1S/C14H22N2O3S/c1-5-9-8-14(9,11(17)16-20-10-6-7-10)15-12(18)19-13(2,3)4/h5,9-10H,1,6-8H2,2-4H3,(H,15,18)(H,16,17)/t9?,14-/m1/s1. The smallest absolute Gasteiger partial charge is 0.408 e. The second-order valence-electron chi connectivity index (χ2n) is 6.39. The van der Waals surface area contributed by atoms with Gasteiger partial charge in [-0.1, -0.05) is 6.08 Å². The molecular weight excluding hydrogens is 276 g/mol. The van der Waals surface area contributed by atoms with Crippen molar-refractivity contribution in [1.82, 2.24) is 10.0 Å². The first-order valence-corrected chi connectivity index (χ1v) is 7.74. The minimum Gasteiger partial charge on any atom is -0.444 e. The number of hydrogen-bond donors (Lipinski definition) is 2. The Balaban J connectivity index is 1.93. The number of carbonyl (C=O) groups excluding carboxylic acids is 2. The van der Waals surface area contributed by atoms with Crippen molar-refractivity contribution >= 4 is 23.9 Å². The molecular formula is C14H22N2O3S. The molecule has 0 radical (unpaired) electrons. The van der Waals surface area contributed by atoms with Gasteiger partial charge in [-0.05, 0) is 52.0 Å². The number of ether oxygens (including phenoxy) is 1. The Morgan fingerprint density at radius 1 is 1.40 bits per heavy atom. The van der Waals surface area contributed by atoms with E-state index in [0.29, 0.717) is 11.7 Å². The molecule has 2 atom stereocenters. The van der Waals surface area contributed by atoms with E-state index < -0.39 is 17.2 Å². The fourth-order valence-electron chi connectivity index (χ4n) is 1.93. The summed E-state index contributed by atoms with van der Waals surface area (Å²) in [5.41, 5.74) is -1.46. The number of carbonyl (C=O) groups is 2. The molecule has 20 heavy (non-hydrogen) atoms. The zero-order chi connectivity index (χ0) is 15.0. The summed E-state index contributed by atoms with van der Waals surface area (Å²) < 4.78 is 8.06. The summed E-state index contributed by atoms with van der Waals surface area (Å²) in [6, 6.07) is 0. The van der Waals surface area contributed by atoms with Gasteiger partial charge in [-0.15, -0.1) is 6.58 Å². The Hall–Kier alpha value is -1.17. The quantitative estimate of drug-likeness (QED) is 0.604. The summed E-state index contributed by atoms with van der Waals surface area (Å²) >= 11 is 1.44. The maximum atomic E-state index is 12.3. The van der Waals surface area contributed by atoms with Gasteiger partial charge in [0.15, 0.2) is 0 Å². The summed E-state index contributed by atoms with van der Waals surface area (Å²) in [6.45, 7) is 9.09. The van der Waals surface area contributed by atoms with Gasteiger partial charge in [0.2, 0.25) is 0 Å². The van der Waals surface area contributed by atoms with Crippen LogP contribution in [0, 0.1) is 5.92 Å². The van der Waals surface area contributed by atoms with Crippen LogP contribution in [-0.4, -0.2) is 28.4 Å². The highest BCUT2D eigenvalue weighted by Crippen LogP contribution is 2.45. The highest BCUT2D eigenvalue weighted by Gasteiger charge is 2.60. The third-order valence-corrected chi connectivity index (χ3v) is 4.38. The van der Waals surface area contributed by atoms with Crippen molar-refractivity contribution in [3.8, 4) is 0 Å². The average molecular weight is 298 g/mol. The van der Waals surface area contributed by atoms with Crippen molar-refractivity contribution in [1.29, 1.82) is 0 Å². The third kappa shape index (κ3) is 3.69. The van der Waals surface area contributed by atoms with E-state index in [-0.39, 0.29) is 11.8 Å². The van der Waals surface area contributed by atoms with Crippen molar-refractivity contribution < 1.29 is 14.3 Å². The number of hydrogen-bond acceptors (Lipinski definition) is 4. The van der Waals surface area contributed by atoms with Gasteiger partial charge in [0.25, 0.3) is 5.91 Å². The lowest BCUT2D eigenvalue weighted by Gasteiger charge is -2.23. The Morgan fingerprint density at radius 2 is 2.05 bits per heavy atom. The van der Waals surface area contributed by atoms with E-state index in [0.717, 1.165) is 12.8 Å². The molecule has 0 heterocycles. The first-order chi connectivity index (χ1) is 9.27. The van der Waals surface area contributed by atoms with Crippen LogP contribution in [0.5, 0.6) is 0 Å². The summed E-state index contributed by atoms with van der Waals surface area (Å²) in [7, 11) is 0. The van der Waals surface area contributed by atoms with Crippen LogP contribution < -0.4 is 10.0 Å². The van der Waals surface area contributed by atoms with E-state index in [1.165, 1.54) is 11.9 Å². The van der Waals surface area contributed by atoms with E-state index in [4.69, 9.17) is 4.74 Å². The van der Waals surface area contributed by atoms with Gasteiger partial charge in [-0.3, -0.25) is 9.52 Å². The lowest BCUT2D eigenvalue weighted by atomic mass is 10.2. The van der Waals surface area contributed by atoms with Crippen LogP contribution in [0.1, 0.15) is 40.0 Å². The van der Waals surface area contributed by atoms with Crippen molar-refractivity contribution in [2.75, 3.05) is 0 Å². The van der Waals surface area contributed by atoms with E-state index >= 15 is 0 Å². The summed E-state index contributed by atoms with van der Waals surface area (Å²) in [4.78, 5) is 24.2. The van der Waals surface area contributed by atoms with Gasteiger partial charge in [0.1, 0.15) is 11.1 Å². The maximum absolute atomic E-state index is 12.3. The second kappa shape index (κ2) is 5.31. The second-order valence-corrected chi connectivity index (χ2v) is 7.50. The maximum Gasteiger partial charge on any atom is 0.408 e. The molecule has 0 bridgehead atoms. The molecule has 2 saturated carbocycles. The molecule has 0 aromatic heterocycles. The third-order valence-electron chi connectivity index (χ3n) is 3.27. The van der Waals surface area contributed by atoms with E-state index in [1.54, 1.807) is 26.8 Å². The van der Waals surface area contributed by atoms with Crippen molar-refractivity contribution in [2.24, 2.45) is 5.92 Å². The van der Waals surface area contributed by atoms with Gasteiger partial charge in [0, 0.05) is 11.2 Å². The molecule has 2 amide bonds. The fraction of sp³-hybridized carbons (Fsp3) is 0.714. The summed E-state index contributed by atoms with van der Waals surface area (Å²) in [5.74, 6) is -0.194. The molecule has 0 saturated heterocycles. The Bertz CT molecular complexity index is 429. The monoisotopic (exact) mass is 298 g/mol. The van der Waals surface area contributed by atoms with Gasteiger partial charge in [-0.2, -0.15) is 0 Å². The molecule has 5 nitrogen and oxygen atoms in total. The van der Waals surface area contributed by atoms with Crippen molar-refractivity contribution in [3.63, 3.8) is 0 Å². The predicted octanol–water partition coefficient (Wildman–Crippen LogP) is 2.38. The van der Waals surface area contributed by atoms with Crippen LogP contribution in [0.2, 0.25) is 0 Å². The lowest BCUT2D eigenvalue weighted by Crippen LogP contribution is -2.50. The highest BCUT2D eigenvalue weighted by atomic mass is 32.2. The number of alkyl carbamates (subject to hydrolysis) is 1.